The van der Waals surface area contributed by atoms with E-state index in [9.17, 15) is 0 Å². The van der Waals surface area contributed by atoms with Crippen LogP contribution in [0.5, 0.6) is 0 Å². The van der Waals surface area contributed by atoms with Crippen molar-refractivity contribution in [1.82, 2.24) is 0 Å². The standard InChI is InChI=1S/C5H11Si/c1-2-4-6-5-3-1/h1H,2-6H2. The van der Waals surface area contributed by atoms with Crippen molar-refractivity contribution in [2.75, 3.05) is 0 Å². The molecular formula is C5H11Si. The molecule has 1 fully saturated rings. The van der Waals surface area contributed by atoms with Crippen molar-refractivity contribution >= 4 is 9.52 Å². The largest absolute Gasteiger partial charge is 0.0625 e. The Kier molecular flexibility index (Phi) is 1.75. The van der Waals surface area contributed by atoms with Crippen LogP contribution in [-0.4, -0.2) is 9.52 Å². The van der Waals surface area contributed by atoms with Gasteiger partial charge in [-0.15, -0.1) is 0 Å². The maximum Gasteiger partial charge on any atom is 0.0198 e. The van der Waals surface area contributed by atoms with Gasteiger partial charge in [0.15, 0.2) is 0 Å². The number of hydrogen-bond donors (Lipinski definition) is 0. The average molecular weight is 99.2 g/mol. The molecule has 1 saturated heterocycles. The molecule has 0 N–H and O–H groups in total. The van der Waals surface area contributed by atoms with Crippen LogP contribution in [0.4, 0.5) is 0 Å². The smallest absolute Gasteiger partial charge is 0.0198 e. The fourth-order valence-electron chi connectivity index (χ4n) is 0.898. The minimum absolute atomic E-state index is 0.477. The average Bonchev–Trinajstić information content (AvgIpc) is 1.72. The third-order valence-electron chi connectivity index (χ3n) is 1.32. The molecule has 0 saturated carbocycles. The number of hydrogen-bond acceptors (Lipinski definition) is 0. The Labute approximate surface area is 41.8 Å². The highest BCUT2D eigenvalue weighted by atomic mass is 28.2. The quantitative estimate of drug-likeness (QED) is 0.397. The molecule has 0 bridgehead atoms. The van der Waals surface area contributed by atoms with E-state index >= 15 is 0 Å². The summed E-state index contributed by atoms with van der Waals surface area (Å²) in [5.74, 6) is 0. The van der Waals surface area contributed by atoms with Crippen molar-refractivity contribution in [3.8, 4) is 0 Å². The molecule has 0 aromatic carbocycles. The van der Waals surface area contributed by atoms with E-state index in [0.29, 0.717) is 9.52 Å². The lowest BCUT2D eigenvalue weighted by Gasteiger charge is -2.04. The Hall–Kier alpha value is 0.217. The molecule has 1 rings (SSSR count). The highest BCUT2D eigenvalue weighted by Crippen LogP contribution is 2.09. The third kappa shape index (κ3) is 1.13. The molecule has 0 unspecified atom stereocenters. The first-order valence-electron chi connectivity index (χ1n) is 2.82. The van der Waals surface area contributed by atoms with E-state index < -0.39 is 0 Å². The van der Waals surface area contributed by atoms with Crippen LogP contribution < -0.4 is 0 Å². The van der Waals surface area contributed by atoms with Gasteiger partial charge < -0.3 is 0 Å². The molecule has 0 spiro atoms. The van der Waals surface area contributed by atoms with E-state index in [2.05, 4.69) is 6.42 Å². The zero-order chi connectivity index (χ0) is 4.24. The molecular weight excluding hydrogens is 88.1 g/mol. The normalized spacial score (nSPS) is 24.0. The summed E-state index contributed by atoms with van der Waals surface area (Å²) in [6.07, 6.45) is 5.30. The van der Waals surface area contributed by atoms with Crippen LogP contribution in [0.1, 0.15) is 12.8 Å². The summed E-state index contributed by atoms with van der Waals surface area (Å²) in [5.41, 5.74) is 0. The molecule has 0 aliphatic carbocycles. The first-order valence-corrected chi connectivity index (χ1v) is 4.82. The van der Waals surface area contributed by atoms with Crippen LogP contribution in [0, 0.1) is 6.42 Å². The van der Waals surface area contributed by atoms with E-state index in [0.717, 1.165) is 0 Å². The van der Waals surface area contributed by atoms with Crippen LogP contribution >= 0.6 is 0 Å². The second-order valence-electron chi connectivity index (χ2n) is 1.93. The molecule has 0 aromatic rings. The molecule has 0 aromatic heterocycles. The molecule has 6 heavy (non-hydrogen) atoms. The Morgan fingerprint density at radius 1 is 1.17 bits per heavy atom. The summed E-state index contributed by atoms with van der Waals surface area (Å²) in [4.78, 5) is 0. The fraction of sp³-hybridized carbons (Fsp3) is 0.800. The minimum atomic E-state index is 0.477. The molecule has 0 atom stereocenters. The SMILES string of the molecule is [CH]1CC[SiH2]CC1. The molecule has 1 heterocycles. The fourth-order valence-corrected chi connectivity index (χ4v) is 2.41. The van der Waals surface area contributed by atoms with Gasteiger partial charge in [-0.25, -0.2) is 0 Å². The predicted molar refractivity (Wildman–Crippen MR) is 31.7 cm³/mol. The summed E-state index contributed by atoms with van der Waals surface area (Å²) in [5, 5.41) is 0. The Bertz CT molecular complexity index is 19.4. The maximum absolute atomic E-state index is 2.43. The minimum Gasteiger partial charge on any atom is -0.0625 e. The highest BCUT2D eigenvalue weighted by molar-refractivity contribution is 6.35. The Morgan fingerprint density at radius 3 is 2.00 bits per heavy atom. The topological polar surface area (TPSA) is 0 Å². The zero-order valence-electron chi connectivity index (χ0n) is 4.11. The van der Waals surface area contributed by atoms with Gasteiger partial charge in [-0.2, -0.15) is 0 Å². The van der Waals surface area contributed by atoms with Crippen molar-refractivity contribution in [3.05, 3.63) is 6.42 Å². The summed E-state index contributed by atoms with van der Waals surface area (Å²) in [7, 11) is 0.477. The van der Waals surface area contributed by atoms with E-state index in [1.54, 1.807) is 12.1 Å². The van der Waals surface area contributed by atoms with Crippen LogP contribution in [0.2, 0.25) is 12.1 Å². The monoisotopic (exact) mass is 99.1 g/mol. The maximum atomic E-state index is 2.43. The Balaban J connectivity index is 2.00. The van der Waals surface area contributed by atoms with Gasteiger partial charge in [0.2, 0.25) is 0 Å². The summed E-state index contributed by atoms with van der Waals surface area (Å²) < 4.78 is 0. The van der Waals surface area contributed by atoms with E-state index in [4.69, 9.17) is 0 Å². The van der Waals surface area contributed by atoms with E-state index in [1.165, 1.54) is 12.8 Å². The lowest BCUT2D eigenvalue weighted by atomic mass is 10.3. The van der Waals surface area contributed by atoms with E-state index in [1.807, 2.05) is 0 Å². The van der Waals surface area contributed by atoms with Crippen molar-refractivity contribution in [1.29, 1.82) is 0 Å². The molecule has 1 aliphatic heterocycles. The summed E-state index contributed by atoms with van der Waals surface area (Å²) in [6.45, 7) is 0. The van der Waals surface area contributed by atoms with Gasteiger partial charge in [-0.1, -0.05) is 24.9 Å². The van der Waals surface area contributed by atoms with Crippen LogP contribution in [0.3, 0.4) is 0 Å². The van der Waals surface area contributed by atoms with Gasteiger partial charge >= 0.3 is 0 Å². The van der Waals surface area contributed by atoms with Crippen LogP contribution in [0.25, 0.3) is 0 Å². The summed E-state index contributed by atoms with van der Waals surface area (Å²) >= 11 is 0. The zero-order valence-corrected chi connectivity index (χ0v) is 5.53. The highest BCUT2D eigenvalue weighted by Gasteiger charge is 1.96. The molecule has 1 heteroatoms. The molecule has 35 valence electrons. The lowest BCUT2D eigenvalue weighted by Crippen LogP contribution is -1.95. The van der Waals surface area contributed by atoms with Crippen LogP contribution in [-0.2, 0) is 0 Å². The van der Waals surface area contributed by atoms with Gasteiger partial charge in [0.05, 0.1) is 0 Å². The first-order chi connectivity index (χ1) is 3.00. The first kappa shape index (κ1) is 4.38. The molecule has 1 radical (unpaired) electrons. The van der Waals surface area contributed by atoms with Crippen molar-refractivity contribution < 1.29 is 0 Å². The van der Waals surface area contributed by atoms with Crippen molar-refractivity contribution in [3.63, 3.8) is 0 Å². The van der Waals surface area contributed by atoms with Gasteiger partial charge in [-0.3, -0.25) is 0 Å². The van der Waals surface area contributed by atoms with Crippen LogP contribution in [0.15, 0.2) is 0 Å². The van der Waals surface area contributed by atoms with Gasteiger partial charge in [0, 0.05) is 9.52 Å². The van der Waals surface area contributed by atoms with Gasteiger partial charge in [0.25, 0.3) is 0 Å². The third-order valence-corrected chi connectivity index (χ3v) is 3.13. The molecule has 0 nitrogen and oxygen atoms in total. The molecule has 0 amide bonds. The second-order valence-corrected chi connectivity index (χ2v) is 4.05. The second kappa shape index (κ2) is 2.40. The Morgan fingerprint density at radius 2 is 1.83 bits per heavy atom. The van der Waals surface area contributed by atoms with E-state index in [-0.39, 0.29) is 0 Å². The summed E-state index contributed by atoms with van der Waals surface area (Å²) in [6, 6.07) is 3.17. The van der Waals surface area contributed by atoms with Crippen molar-refractivity contribution in [2.24, 2.45) is 0 Å². The van der Waals surface area contributed by atoms with Gasteiger partial charge in [-0.05, 0) is 6.42 Å². The number of rotatable bonds is 0. The predicted octanol–water partition coefficient (Wildman–Crippen LogP) is 0.990. The van der Waals surface area contributed by atoms with Crippen molar-refractivity contribution in [2.45, 2.75) is 24.9 Å². The van der Waals surface area contributed by atoms with Gasteiger partial charge in [0.1, 0.15) is 0 Å². The molecule has 1 aliphatic rings. The lowest BCUT2D eigenvalue weighted by molar-refractivity contribution is 0.914.